The third-order valence-corrected chi connectivity index (χ3v) is 5.00. The van der Waals surface area contributed by atoms with Crippen molar-refractivity contribution < 1.29 is 14.3 Å². The molecule has 4 nitrogen and oxygen atoms in total. The van der Waals surface area contributed by atoms with E-state index in [1.165, 1.54) is 0 Å². The molecular weight excluding hydrogens is 421 g/mol. The lowest BCUT2D eigenvalue weighted by Gasteiger charge is -2.25. The van der Waals surface area contributed by atoms with E-state index in [0.717, 1.165) is 11.3 Å². The van der Waals surface area contributed by atoms with Crippen molar-refractivity contribution in [3.63, 3.8) is 0 Å². The van der Waals surface area contributed by atoms with Crippen LogP contribution in [0, 0.1) is 0 Å². The molecule has 7 heteroatoms. The van der Waals surface area contributed by atoms with Crippen LogP contribution in [0.1, 0.15) is 11.3 Å². The summed E-state index contributed by atoms with van der Waals surface area (Å²) in [5.41, 5.74) is 0.914. The lowest BCUT2D eigenvalue weighted by atomic mass is 10.2. The van der Waals surface area contributed by atoms with Gasteiger partial charge in [-0.3, -0.25) is 4.90 Å². The molecule has 0 saturated carbocycles. The first-order valence-corrected chi connectivity index (χ1v) is 9.88. The lowest BCUT2D eigenvalue weighted by Crippen LogP contribution is -2.35. The number of ether oxygens (including phenoxy) is 1. The minimum absolute atomic E-state index is 0.118. The normalized spacial score (nSPS) is 12.3. The molecule has 1 N–H and O–H groups in total. The molecule has 28 heavy (non-hydrogen) atoms. The van der Waals surface area contributed by atoms with Crippen LogP contribution in [0.4, 0.5) is 0 Å². The first kappa shape index (κ1) is 21.0. The molecule has 1 aromatic heterocycles. The van der Waals surface area contributed by atoms with Crippen molar-refractivity contribution in [2.45, 2.75) is 19.2 Å². The molecule has 0 aliphatic heterocycles. The van der Waals surface area contributed by atoms with Crippen LogP contribution in [0.3, 0.4) is 0 Å². The molecule has 0 bridgehead atoms. The Labute approximate surface area is 179 Å². The summed E-state index contributed by atoms with van der Waals surface area (Å²) < 4.78 is 11.1. The van der Waals surface area contributed by atoms with E-state index >= 15 is 0 Å². The van der Waals surface area contributed by atoms with Crippen LogP contribution in [0.15, 0.2) is 65.3 Å². The van der Waals surface area contributed by atoms with Crippen molar-refractivity contribution >= 4 is 34.8 Å². The van der Waals surface area contributed by atoms with Gasteiger partial charge in [0.2, 0.25) is 0 Å². The molecule has 1 heterocycles. The van der Waals surface area contributed by atoms with E-state index in [9.17, 15) is 5.11 Å². The van der Waals surface area contributed by atoms with Gasteiger partial charge >= 0.3 is 0 Å². The summed E-state index contributed by atoms with van der Waals surface area (Å²) in [4.78, 5) is 2.04. The summed E-state index contributed by atoms with van der Waals surface area (Å²) in [5, 5.41) is 12.2. The molecule has 1 atom stereocenters. The van der Waals surface area contributed by atoms with Crippen LogP contribution >= 0.6 is 34.8 Å². The van der Waals surface area contributed by atoms with E-state index in [-0.39, 0.29) is 6.61 Å². The molecule has 3 aromatic rings. The average molecular weight is 441 g/mol. The van der Waals surface area contributed by atoms with E-state index < -0.39 is 6.10 Å². The Morgan fingerprint density at radius 2 is 1.79 bits per heavy atom. The molecule has 148 valence electrons. The Morgan fingerprint density at radius 1 is 0.964 bits per heavy atom. The molecule has 0 amide bonds. The second kappa shape index (κ2) is 10.2. The number of para-hydroxylation sites is 1. The van der Waals surface area contributed by atoms with Gasteiger partial charge in [-0.05, 0) is 42.0 Å². The summed E-state index contributed by atoms with van der Waals surface area (Å²) >= 11 is 18.4. The van der Waals surface area contributed by atoms with Crippen molar-refractivity contribution in [3.05, 3.63) is 87.3 Å². The van der Waals surface area contributed by atoms with Gasteiger partial charge < -0.3 is 14.3 Å². The third-order valence-electron chi connectivity index (χ3n) is 4.11. The monoisotopic (exact) mass is 439 g/mol. The summed E-state index contributed by atoms with van der Waals surface area (Å²) in [6.45, 7) is 1.53. The Balaban J connectivity index is 1.65. The van der Waals surface area contributed by atoms with E-state index in [0.29, 0.717) is 40.5 Å². The Bertz CT molecular complexity index is 886. The fourth-order valence-electron chi connectivity index (χ4n) is 2.80. The van der Waals surface area contributed by atoms with Crippen molar-refractivity contribution in [3.8, 4) is 5.75 Å². The maximum atomic E-state index is 10.5. The van der Waals surface area contributed by atoms with Gasteiger partial charge in [-0.15, -0.1) is 0 Å². The molecule has 0 spiro atoms. The highest BCUT2D eigenvalue weighted by molar-refractivity contribution is 6.35. The molecule has 1 unspecified atom stereocenters. The quantitative estimate of drug-likeness (QED) is 0.465. The second-order valence-corrected chi connectivity index (χ2v) is 7.63. The molecule has 0 aliphatic carbocycles. The zero-order valence-electron chi connectivity index (χ0n) is 15.0. The van der Waals surface area contributed by atoms with Crippen molar-refractivity contribution in [1.82, 2.24) is 4.90 Å². The smallest absolute Gasteiger partial charge is 0.138 e. The summed E-state index contributed by atoms with van der Waals surface area (Å²) in [6, 6.07) is 16.3. The number of nitrogens with zero attached hydrogens (tertiary/aromatic N) is 1. The summed E-state index contributed by atoms with van der Waals surface area (Å²) in [7, 11) is 0. The zero-order valence-corrected chi connectivity index (χ0v) is 17.3. The summed E-state index contributed by atoms with van der Waals surface area (Å²) in [6.07, 6.45) is 0.900. The van der Waals surface area contributed by atoms with Crippen LogP contribution in [-0.2, 0) is 13.1 Å². The third kappa shape index (κ3) is 6.16. The Hall–Kier alpha value is -1.69. The number of benzene rings is 2. The maximum absolute atomic E-state index is 10.5. The topological polar surface area (TPSA) is 45.8 Å². The average Bonchev–Trinajstić information content (AvgIpc) is 3.16. The summed E-state index contributed by atoms with van der Waals surface area (Å²) in [5.74, 6) is 1.34. The zero-order chi connectivity index (χ0) is 19.9. The van der Waals surface area contributed by atoms with Crippen molar-refractivity contribution in [1.29, 1.82) is 0 Å². The first-order valence-electron chi connectivity index (χ1n) is 8.75. The van der Waals surface area contributed by atoms with Crippen LogP contribution in [0.2, 0.25) is 15.1 Å². The number of hydrogen-bond acceptors (Lipinski definition) is 4. The number of rotatable bonds is 9. The van der Waals surface area contributed by atoms with Crippen LogP contribution < -0.4 is 4.74 Å². The van der Waals surface area contributed by atoms with Crippen molar-refractivity contribution in [2.75, 3.05) is 13.2 Å². The van der Waals surface area contributed by atoms with Crippen LogP contribution in [-0.4, -0.2) is 29.3 Å². The Kier molecular flexibility index (Phi) is 7.65. The van der Waals surface area contributed by atoms with Crippen molar-refractivity contribution in [2.24, 2.45) is 0 Å². The highest BCUT2D eigenvalue weighted by atomic mass is 35.5. The maximum Gasteiger partial charge on any atom is 0.138 e. The van der Waals surface area contributed by atoms with Gasteiger partial charge in [0.25, 0.3) is 0 Å². The molecule has 0 aliphatic rings. The Morgan fingerprint density at radius 3 is 2.50 bits per heavy atom. The van der Waals surface area contributed by atoms with Gasteiger partial charge in [0.1, 0.15) is 24.2 Å². The molecule has 3 rings (SSSR count). The number of aliphatic hydroxyl groups excluding tert-OH is 1. The van der Waals surface area contributed by atoms with Gasteiger partial charge in [-0.25, -0.2) is 0 Å². The van der Waals surface area contributed by atoms with Gasteiger partial charge in [0.15, 0.2) is 0 Å². The predicted molar refractivity (Wildman–Crippen MR) is 112 cm³/mol. The van der Waals surface area contributed by atoms with E-state index in [4.69, 9.17) is 44.0 Å². The van der Waals surface area contributed by atoms with Gasteiger partial charge in [-0.2, -0.15) is 0 Å². The molecular formula is C21H20Cl3NO3. The minimum Gasteiger partial charge on any atom is -0.489 e. The molecule has 0 fully saturated rings. The fraction of sp³-hybridized carbons (Fsp3) is 0.238. The highest BCUT2D eigenvalue weighted by Crippen LogP contribution is 2.24. The number of furan rings is 1. The number of hydrogen-bond donors (Lipinski definition) is 1. The van der Waals surface area contributed by atoms with Gasteiger partial charge in [-0.1, -0.05) is 53.0 Å². The SMILES string of the molecule is OC(COc1ccccc1Cl)CN(Cc1ccco1)Cc1ccc(Cl)cc1Cl. The lowest BCUT2D eigenvalue weighted by molar-refractivity contribution is 0.0605. The van der Waals surface area contributed by atoms with E-state index in [1.54, 1.807) is 30.5 Å². The second-order valence-electron chi connectivity index (χ2n) is 6.38. The van der Waals surface area contributed by atoms with Gasteiger partial charge in [0, 0.05) is 23.1 Å². The van der Waals surface area contributed by atoms with Crippen LogP contribution in [0.25, 0.3) is 0 Å². The predicted octanol–water partition coefficient (Wildman–Crippen LogP) is 5.68. The number of halogens is 3. The first-order chi connectivity index (χ1) is 13.5. The highest BCUT2D eigenvalue weighted by Gasteiger charge is 2.17. The van der Waals surface area contributed by atoms with E-state index in [1.807, 2.05) is 35.2 Å². The molecule has 0 saturated heterocycles. The number of aliphatic hydroxyl groups is 1. The van der Waals surface area contributed by atoms with Crippen LogP contribution in [0.5, 0.6) is 5.75 Å². The molecule has 2 aromatic carbocycles. The minimum atomic E-state index is -0.725. The molecule has 0 radical (unpaired) electrons. The van der Waals surface area contributed by atoms with E-state index in [2.05, 4.69) is 0 Å². The van der Waals surface area contributed by atoms with Gasteiger partial charge in [0.05, 0.1) is 17.8 Å². The largest absolute Gasteiger partial charge is 0.489 e. The fourth-order valence-corrected chi connectivity index (χ4v) is 3.46. The standard InChI is InChI=1S/C21H20Cl3NO3/c22-16-8-7-15(20(24)10-16)11-25(13-18-4-3-9-27-18)12-17(26)14-28-21-6-2-1-5-19(21)23/h1-10,17,26H,11-14H2.